The molecule has 2 nitrogen and oxygen atoms in total. The quantitative estimate of drug-likeness (QED) is 0.849. The average Bonchev–Trinajstić information content (AvgIpc) is 2.54. The smallest absolute Gasteiger partial charge is 0.0426 e. The maximum absolute atomic E-state index is 6.07. The van der Waals surface area contributed by atoms with Crippen LogP contribution in [0.4, 0.5) is 5.69 Å². The summed E-state index contributed by atoms with van der Waals surface area (Å²) < 4.78 is 0. The third-order valence-electron chi connectivity index (χ3n) is 4.11. The molecular formula is C18H21ClN2. The molecule has 0 aromatic heterocycles. The molecule has 0 spiro atoms. The summed E-state index contributed by atoms with van der Waals surface area (Å²) in [5, 5.41) is 0.819. The minimum absolute atomic E-state index is 0.819. The number of hydrogen-bond acceptors (Lipinski definition) is 2. The number of anilines is 1. The van der Waals surface area contributed by atoms with Gasteiger partial charge < -0.3 is 4.90 Å². The minimum Gasteiger partial charge on any atom is -0.369 e. The molecule has 3 heteroatoms. The lowest BCUT2D eigenvalue weighted by Gasteiger charge is -2.36. The lowest BCUT2D eigenvalue weighted by molar-refractivity contribution is 0.261. The van der Waals surface area contributed by atoms with Crippen LogP contribution in [0, 0.1) is 0 Å². The molecule has 0 amide bonds. The van der Waals surface area contributed by atoms with Gasteiger partial charge in [0.2, 0.25) is 0 Å². The monoisotopic (exact) mass is 300 g/mol. The lowest BCUT2D eigenvalue weighted by atomic mass is 10.1. The summed E-state index contributed by atoms with van der Waals surface area (Å²) in [6.45, 7) is 5.55. The van der Waals surface area contributed by atoms with Gasteiger partial charge in [-0.3, -0.25) is 4.90 Å². The van der Waals surface area contributed by atoms with Gasteiger partial charge in [-0.2, -0.15) is 0 Å². The summed E-state index contributed by atoms with van der Waals surface area (Å²) in [6.07, 6.45) is 1.14. The third-order valence-corrected chi connectivity index (χ3v) is 4.34. The molecule has 3 rings (SSSR count). The Morgan fingerprint density at radius 1 is 0.857 bits per heavy atom. The van der Waals surface area contributed by atoms with E-state index in [1.165, 1.54) is 11.3 Å². The highest BCUT2D eigenvalue weighted by molar-refractivity contribution is 6.30. The highest BCUT2D eigenvalue weighted by atomic mass is 35.5. The number of benzene rings is 2. The van der Waals surface area contributed by atoms with Crippen molar-refractivity contribution in [3.05, 3.63) is 65.2 Å². The Hall–Kier alpha value is -1.51. The van der Waals surface area contributed by atoms with E-state index < -0.39 is 0 Å². The number of nitrogens with zero attached hydrogens (tertiary/aromatic N) is 2. The first-order valence-electron chi connectivity index (χ1n) is 7.58. The van der Waals surface area contributed by atoms with E-state index in [1.54, 1.807) is 0 Å². The number of hydrogen-bond donors (Lipinski definition) is 0. The van der Waals surface area contributed by atoms with Crippen molar-refractivity contribution in [2.45, 2.75) is 6.42 Å². The van der Waals surface area contributed by atoms with Gasteiger partial charge in [0.15, 0.2) is 0 Å². The van der Waals surface area contributed by atoms with E-state index in [-0.39, 0.29) is 0 Å². The van der Waals surface area contributed by atoms with Gasteiger partial charge in [-0.05, 0) is 30.2 Å². The molecule has 0 saturated carbocycles. The predicted octanol–water partition coefficient (Wildman–Crippen LogP) is 3.70. The van der Waals surface area contributed by atoms with Crippen molar-refractivity contribution in [1.82, 2.24) is 4.90 Å². The van der Waals surface area contributed by atoms with Gasteiger partial charge in [-0.25, -0.2) is 0 Å². The maximum atomic E-state index is 6.07. The second-order valence-corrected chi connectivity index (χ2v) is 5.98. The molecule has 1 saturated heterocycles. The van der Waals surface area contributed by atoms with Gasteiger partial charge in [0.25, 0.3) is 0 Å². The predicted molar refractivity (Wildman–Crippen MR) is 90.3 cm³/mol. The zero-order valence-electron chi connectivity index (χ0n) is 12.2. The SMILES string of the molecule is Clc1cccc(N2CCN(CCc3ccccc3)CC2)c1. The normalized spacial score (nSPS) is 16.1. The van der Waals surface area contributed by atoms with Crippen LogP contribution < -0.4 is 4.90 Å². The standard InChI is InChI=1S/C18H21ClN2/c19-17-7-4-8-18(15-17)21-13-11-20(12-14-21)10-9-16-5-2-1-3-6-16/h1-8,15H,9-14H2. The molecular weight excluding hydrogens is 280 g/mol. The van der Waals surface area contributed by atoms with Crippen LogP contribution in [0.3, 0.4) is 0 Å². The molecule has 0 N–H and O–H groups in total. The summed E-state index contributed by atoms with van der Waals surface area (Å²) in [5.41, 5.74) is 2.67. The Bertz CT molecular complexity index is 562. The van der Waals surface area contributed by atoms with E-state index in [0.717, 1.165) is 44.2 Å². The first-order chi connectivity index (χ1) is 10.3. The fourth-order valence-electron chi connectivity index (χ4n) is 2.83. The van der Waals surface area contributed by atoms with Gasteiger partial charge in [0.05, 0.1) is 0 Å². The molecule has 0 radical (unpaired) electrons. The van der Waals surface area contributed by atoms with E-state index in [1.807, 2.05) is 12.1 Å². The Morgan fingerprint density at radius 3 is 2.33 bits per heavy atom. The fraction of sp³-hybridized carbons (Fsp3) is 0.333. The van der Waals surface area contributed by atoms with Crippen LogP contribution in [-0.4, -0.2) is 37.6 Å². The van der Waals surface area contributed by atoms with Crippen molar-refractivity contribution in [1.29, 1.82) is 0 Å². The van der Waals surface area contributed by atoms with Crippen molar-refractivity contribution in [2.24, 2.45) is 0 Å². The van der Waals surface area contributed by atoms with Crippen LogP contribution in [0.15, 0.2) is 54.6 Å². The van der Waals surface area contributed by atoms with Crippen LogP contribution in [-0.2, 0) is 6.42 Å². The summed E-state index contributed by atoms with van der Waals surface area (Å²) in [5.74, 6) is 0. The van der Waals surface area contributed by atoms with E-state index in [0.29, 0.717) is 0 Å². The van der Waals surface area contributed by atoms with E-state index in [4.69, 9.17) is 11.6 Å². The highest BCUT2D eigenvalue weighted by Crippen LogP contribution is 2.20. The average molecular weight is 301 g/mol. The van der Waals surface area contributed by atoms with Crippen LogP contribution in [0.1, 0.15) is 5.56 Å². The first kappa shape index (κ1) is 14.4. The molecule has 0 bridgehead atoms. The van der Waals surface area contributed by atoms with Crippen molar-refractivity contribution >= 4 is 17.3 Å². The number of rotatable bonds is 4. The highest BCUT2D eigenvalue weighted by Gasteiger charge is 2.16. The zero-order valence-corrected chi connectivity index (χ0v) is 13.0. The van der Waals surface area contributed by atoms with E-state index >= 15 is 0 Å². The van der Waals surface area contributed by atoms with Crippen LogP contribution in [0.2, 0.25) is 5.02 Å². The molecule has 0 aliphatic carbocycles. The fourth-order valence-corrected chi connectivity index (χ4v) is 3.02. The molecule has 110 valence electrons. The van der Waals surface area contributed by atoms with E-state index in [9.17, 15) is 0 Å². The number of halogens is 1. The maximum Gasteiger partial charge on any atom is 0.0426 e. The molecule has 2 aromatic carbocycles. The minimum atomic E-state index is 0.819. The largest absolute Gasteiger partial charge is 0.369 e. The van der Waals surface area contributed by atoms with Crippen LogP contribution in [0.5, 0.6) is 0 Å². The van der Waals surface area contributed by atoms with Gasteiger partial charge >= 0.3 is 0 Å². The van der Waals surface area contributed by atoms with Crippen LogP contribution >= 0.6 is 11.6 Å². The Kier molecular flexibility index (Phi) is 4.79. The zero-order chi connectivity index (χ0) is 14.5. The van der Waals surface area contributed by atoms with Gasteiger partial charge in [-0.15, -0.1) is 0 Å². The molecule has 2 aromatic rings. The van der Waals surface area contributed by atoms with E-state index in [2.05, 4.69) is 52.3 Å². The summed E-state index contributed by atoms with van der Waals surface area (Å²) in [7, 11) is 0. The molecule has 0 unspecified atom stereocenters. The van der Waals surface area contributed by atoms with Gasteiger partial charge in [-0.1, -0.05) is 48.0 Å². The Labute approximate surface area is 131 Å². The second-order valence-electron chi connectivity index (χ2n) is 5.54. The third kappa shape index (κ3) is 3.99. The van der Waals surface area contributed by atoms with Crippen molar-refractivity contribution < 1.29 is 0 Å². The van der Waals surface area contributed by atoms with Crippen molar-refractivity contribution in [2.75, 3.05) is 37.6 Å². The molecule has 0 atom stereocenters. The molecule has 1 aliphatic heterocycles. The Morgan fingerprint density at radius 2 is 1.62 bits per heavy atom. The molecule has 1 heterocycles. The van der Waals surface area contributed by atoms with Crippen molar-refractivity contribution in [3.63, 3.8) is 0 Å². The topological polar surface area (TPSA) is 6.48 Å². The molecule has 1 fully saturated rings. The molecule has 21 heavy (non-hydrogen) atoms. The summed E-state index contributed by atoms with van der Waals surface area (Å²) >= 11 is 6.07. The van der Waals surface area contributed by atoms with Crippen LogP contribution in [0.25, 0.3) is 0 Å². The summed E-state index contributed by atoms with van der Waals surface area (Å²) in [6, 6.07) is 18.9. The first-order valence-corrected chi connectivity index (χ1v) is 7.96. The second kappa shape index (κ2) is 6.97. The van der Waals surface area contributed by atoms with Crippen molar-refractivity contribution in [3.8, 4) is 0 Å². The summed E-state index contributed by atoms with van der Waals surface area (Å²) in [4.78, 5) is 4.97. The molecule has 1 aliphatic rings. The van der Waals surface area contributed by atoms with Gasteiger partial charge in [0.1, 0.15) is 0 Å². The lowest BCUT2D eigenvalue weighted by Crippen LogP contribution is -2.47. The Balaban J connectivity index is 1.49. The number of piperazine rings is 1. The van der Waals surface area contributed by atoms with Gasteiger partial charge in [0, 0.05) is 43.4 Å².